The first-order chi connectivity index (χ1) is 8.57. The van der Waals surface area contributed by atoms with E-state index in [9.17, 15) is 14.3 Å². The average molecular weight is 251 g/mol. The predicted molar refractivity (Wildman–Crippen MR) is 67.7 cm³/mol. The van der Waals surface area contributed by atoms with E-state index in [4.69, 9.17) is 0 Å². The molecule has 0 atom stereocenters. The Morgan fingerprint density at radius 1 is 1.22 bits per heavy atom. The van der Waals surface area contributed by atoms with Gasteiger partial charge in [0.15, 0.2) is 0 Å². The van der Waals surface area contributed by atoms with Crippen LogP contribution >= 0.6 is 0 Å². The van der Waals surface area contributed by atoms with E-state index in [1.807, 2.05) is 0 Å². The van der Waals surface area contributed by atoms with Crippen molar-refractivity contribution in [1.82, 2.24) is 0 Å². The van der Waals surface area contributed by atoms with Gasteiger partial charge in [-0.2, -0.15) is 0 Å². The molecule has 0 saturated heterocycles. The number of halogens is 1. The fourth-order valence-corrected chi connectivity index (χ4v) is 2.42. The lowest BCUT2D eigenvalue weighted by Gasteiger charge is -2.31. The van der Waals surface area contributed by atoms with Crippen LogP contribution in [0, 0.1) is 5.82 Å². The Kier molecular flexibility index (Phi) is 3.97. The van der Waals surface area contributed by atoms with Gasteiger partial charge in [0, 0.05) is 5.69 Å². The summed E-state index contributed by atoms with van der Waals surface area (Å²) in [5.41, 5.74) is -0.302. The number of aliphatic hydroxyl groups is 1. The van der Waals surface area contributed by atoms with Gasteiger partial charge in [0.05, 0.1) is 12.0 Å². The Bertz CT molecular complexity index is 410. The molecule has 1 fully saturated rings. The number of carbonyl (C=O) groups is 1. The fraction of sp³-hybridized carbons (Fsp3) is 0.500. The van der Waals surface area contributed by atoms with Crippen molar-refractivity contribution >= 4 is 11.6 Å². The van der Waals surface area contributed by atoms with E-state index in [0.29, 0.717) is 18.5 Å². The molecule has 18 heavy (non-hydrogen) atoms. The molecule has 0 bridgehead atoms. The van der Waals surface area contributed by atoms with E-state index in [0.717, 1.165) is 19.3 Å². The molecule has 0 heterocycles. The van der Waals surface area contributed by atoms with Crippen LogP contribution in [0.2, 0.25) is 0 Å². The number of rotatable bonds is 3. The second kappa shape index (κ2) is 5.48. The molecule has 3 nitrogen and oxygen atoms in total. The first-order valence-electron chi connectivity index (χ1n) is 6.35. The molecule has 1 aromatic carbocycles. The zero-order valence-corrected chi connectivity index (χ0v) is 10.3. The summed E-state index contributed by atoms with van der Waals surface area (Å²) in [7, 11) is 0. The molecule has 0 aromatic heterocycles. The molecule has 4 heteroatoms. The van der Waals surface area contributed by atoms with Crippen molar-refractivity contribution in [3.63, 3.8) is 0 Å². The SMILES string of the molecule is O=C(CC1(O)CCCCC1)Nc1ccc(F)cc1. The molecule has 98 valence electrons. The molecule has 2 N–H and O–H groups in total. The highest BCUT2D eigenvalue weighted by Crippen LogP contribution is 2.31. The van der Waals surface area contributed by atoms with Crippen LogP contribution in [0.4, 0.5) is 10.1 Å². The van der Waals surface area contributed by atoms with Gasteiger partial charge in [-0.15, -0.1) is 0 Å². The molecule has 1 aromatic rings. The van der Waals surface area contributed by atoms with Gasteiger partial charge in [-0.05, 0) is 37.1 Å². The van der Waals surface area contributed by atoms with Gasteiger partial charge >= 0.3 is 0 Å². The van der Waals surface area contributed by atoms with E-state index in [1.54, 1.807) is 0 Å². The van der Waals surface area contributed by atoms with Gasteiger partial charge in [0.1, 0.15) is 5.82 Å². The molecule has 0 radical (unpaired) electrons. The highest BCUT2D eigenvalue weighted by Gasteiger charge is 2.31. The molecule has 0 unspecified atom stereocenters. The Balaban J connectivity index is 1.90. The average Bonchev–Trinajstić information content (AvgIpc) is 2.32. The Hall–Kier alpha value is -1.42. The lowest BCUT2D eigenvalue weighted by atomic mass is 9.82. The van der Waals surface area contributed by atoms with Crippen LogP contribution in [0.1, 0.15) is 38.5 Å². The van der Waals surface area contributed by atoms with E-state index < -0.39 is 5.60 Å². The summed E-state index contributed by atoms with van der Waals surface area (Å²) in [5, 5.41) is 12.9. The van der Waals surface area contributed by atoms with Crippen LogP contribution in [0.25, 0.3) is 0 Å². The van der Waals surface area contributed by atoms with E-state index in [1.165, 1.54) is 24.3 Å². The van der Waals surface area contributed by atoms with Crippen molar-refractivity contribution < 1.29 is 14.3 Å². The van der Waals surface area contributed by atoms with Crippen LogP contribution in [-0.2, 0) is 4.79 Å². The molecule has 0 aliphatic heterocycles. The van der Waals surface area contributed by atoms with Crippen LogP contribution in [-0.4, -0.2) is 16.6 Å². The minimum Gasteiger partial charge on any atom is -0.389 e. The largest absolute Gasteiger partial charge is 0.389 e. The summed E-state index contributed by atoms with van der Waals surface area (Å²) < 4.78 is 12.7. The summed E-state index contributed by atoms with van der Waals surface area (Å²) in [6.45, 7) is 0. The van der Waals surface area contributed by atoms with Crippen molar-refractivity contribution in [2.24, 2.45) is 0 Å². The molecular weight excluding hydrogens is 233 g/mol. The molecule has 1 aliphatic rings. The van der Waals surface area contributed by atoms with Crippen LogP contribution in [0.3, 0.4) is 0 Å². The van der Waals surface area contributed by atoms with Crippen LogP contribution < -0.4 is 5.32 Å². The van der Waals surface area contributed by atoms with Crippen LogP contribution in [0.15, 0.2) is 24.3 Å². The summed E-state index contributed by atoms with van der Waals surface area (Å²) in [6.07, 6.45) is 4.56. The third-order valence-electron chi connectivity index (χ3n) is 3.40. The maximum atomic E-state index is 12.7. The minimum atomic E-state index is -0.859. The van der Waals surface area contributed by atoms with Gasteiger partial charge in [-0.1, -0.05) is 19.3 Å². The summed E-state index contributed by atoms with van der Waals surface area (Å²) in [6, 6.07) is 5.62. The lowest BCUT2D eigenvalue weighted by molar-refractivity contribution is -0.122. The predicted octanol–water partition coefficient (Wildman–Crippen LogP) is 2.85. The van der Waals surface area contributed by atoms with Crippen molar-refractivity contribution in [1.29, 1.82) is 0 Å². The van der Waals surface area contributed by atoms with Crippen molar-refractivity contribution in [3.05, 3.63) is 30.1 Å². The third-order valence-corrected chi connectivity index (χ3v) is 3.40. The molecule has 0 spiro atoms. The molecular formula is C14H18FNO2. The third kappa shape index (κ3) is 3.53. The van der Waals surface area contributed by atoms with Crippen LogP contribution in [0.5, 0.6) is 0 Å². The van der Waals surface area contributed by atoms with E-state index >= 15 is 0 Å². The Labute approximate surface area is 106 Å². The van der Waals surface area contributed by atoms with Gasteiger partial charge in [0.2, 0.25) is 5.91 Å². The number of nitrogens with one attached hydrogen (secondary N) is 1. The smallest absolute Gasteiger partial charge is 0.227 e. The first-order valence-corrected chi connectivity index (χ1v) is 6.35. The number of hydrogen-bond donors (Lipinski definition) is 2. The standard InChI is InChI=1S/C14H18FNO2/c15-11-4-6-12(7-5-11)16-13(17)10-14(18)8-2-1-3-9-14/h4-7,18H,1-3,8-10H2,(H,16,17). The highest BCUT2D eigenvalue weighted by molar-refractivity contribution is 5.91. The maximum absolute atomic E-state index is 12.7. The summed E-state index contributed by atoms with van der Waals surface area (Å²) in [4.78, 5) is 11.8. The maximum Gasteiger partial charge on any atom is 0.227 e. The summed E-state index contributed by atoms with van der Waals surface area (Å²) in [5.74, 6) is -0.551. The number of carbonyl (C=O) groups excluding carboxylic acids is 1. The fourth-order valence-electron chi connectivity index (χ4n) is 2.42. The van der Waals surface area contributed by atoms with Crippen molar-refractivity contribution in [3.8, 4) is 0 Å². The zero-order chi connectivity index (χ0) is 13.0. The van der Waals surface area contributed by atoms with Gasteiger partial charge in [0.25, 0.3) is 0 Å². The van der Waals surface area contributed by atoms with Gasteiger partial charge < -0.3 is 10.4 Å². The molecule has 1 amide bonds. The van der Waals surface area contributed by atoms with Crippen molar-refractivity contribution in [2.75, 3.05) is 5.32 Å². The topological polar surface area (TPSA) is 49.3 Å². The second-order valence-electron chi connectivity index (χ2n) is 5.02. The lowest BCUT2D eigenvalue weighted by Crippen LogP contribution is -2.35. The van der Waals surface area contributed by atoms with Gasteiger partial charge in [-0.3, -0.25) is 4.79 Å². The Morgan fingerprint density at radius 3 is 2.44 bits per heavy atom. The normalized spacial score (nSPS) is 18.3. The second-order valence-corrected chi connectivity index (χ2v) is 5.02. The quantitative estimate of drug-likeness (QED) is 0.867. The molecule has 1 saturated carbocycles. The minimum absolute atomic E-state index is 0.115. The summed E-state index contributed by atoms with van der Waals surface area (Å²) >= 11 is 0. The Morgan fingerprint density at radius 2 is 1.83 bits per heavy atom. The molecule has 1 aliphatic carbocycles. The first kappa shape index (κ1) is 13.0. The van der Waals surface area contributed by atoms with E-state index in [-0.39, 0.29) is 18.1 Å². The number of hydrogen-bond acceptors (Lipinski definition) is 2. The zero-order valence-electron chi connectivity index (χ0n) is 10.3. The number of amides is 1. The van der Waals surface area contributed by atoms with E-state index in [2.05, 4.69) is 5.32 Å². The van der Waals surface area contributed by atoms with Crippen molar-refractivity contribution in [2.45, 2.75) is 44.1 Å². The highest BCUT2D eigenvalue weighted by atomic mass is 19.1. The molecule has 2 rings (SSSR count). The number of benzene rings is 1. The number of anilines is 1. The van der Waals surface area contributed by atoms with Gasteiger partial charge in [-0.25, -0.2) is 4.39 Å². The monoisotopic (exact) mass is 251 g/mol.